The van der Waals surface area contributed by atoms with Crippen LogP contribution >= 0.6 is 0 Å². The van der Waals surface area contributed by atoms with Crippen LogP contribution in [0.1, 0.15) is 73.5 Å². The first kappa shape index (κ1) is 30.8. The van der Waals surface area contributed by atoms with E-state index in [0.717, 1.165) is 68.7 Å². The summed E-state index contributed by atoms with van der Waals surface area (Å²) in [6.07, 6.45) is 6.28. The molecule has 0 radical (unpaired) electrons. The Bertz CT molecular complexity index is 1280. The molecule has 0 saturated heterocycles. The van der Waals surface area contributed by atoms with E-state index in [0.29, 0.717) is 30.3 Å². The predicted octanol–water partition coefficient (Wildman–Crippen LogP) is 4.79. The minimum atomic E-state index is -0.185. The van der Waals surface area contributed by atoms with Gasteiger partial charge in [-0.15, -0.1) is 0 Å². The number of rotatable bonds is 13. The van der Waals surface area contributed by atoms with Crippen molar-refractivity contribution in [3.63, 3.8) is 0 Å². The molecule has 2 heterocycles. The lowest BCUT2D eigenvalue weighted by Crippen LogP contribution is -2.43. The van der Waals surface area contributed by atoms with Gasteiger partial charge in [0, 0.05) is 49.2 Å². The molecule has 42 heavy (non-hydrogen) atoms. The zero-order valence-corrected chi connectivity index (χ0v) is 24.7. The van der Waals surface area contributed by atoms with E-state index < -0.39 is 0 Å². The lowest BCUT2D eigenvalue weighted by Gasteiger charge is -2.29. The predicted molar refractivity (Wildman–Crippen MR) is 168 cm³/mol. The fourth-order valence-corrected chi connectivity index (χ4v) is 5.30. The number of para-hydroxylation sites is 1. The summed E-state index contributed by atoms with van der Waals surface area (Å²) in [6.45, 7) is 8.08. The van der Waals surface area contributed by atoms with Crippen molar-refractivity contribution in [2.75, 3.05) is 37.2 Å². The van der Waals surface area contributed by atoms with Gasteiger partial charge in [0.05, 0.1) is 5.56 Å². The third kappa shape index (κ3) is 9.17. The summed E-state index contributed by atoms with van der Waals surface area (Å²) in [6, 6.07) is 17.2. The summed E-state index contributed by atoms with van der Waals surface area (Å²) in [4.78, 5) is 37.0. The molecule has 0 spiro atoms. The van der Waals surface area contributed by atoms with E-state index >= 15 is 0 Å². The van der Waals surface area contributed by atoms with Crippen LogP contribution in [-0.4, -0.2) is 59.0 Å². The molecule has 0 atom stereocenters. The molecule has 1 fully saturated rings. The van der Waals surface area contributed by atoms with Crippen LogP contribution in [0.3, 0.4) is 0 Å². The number of benzene rings is 1. The highest BCUT2D eigenvalue weighted by atomic mass is 16.2. The van der Waals surface area contributed by atoms with Crippen LogP contribution in [0.25, 0.3) is 0 Å². The molecule has 6 N–H and O–H groups in total. The number of pyridine rings is 2. The highest BCUT2D eigenvalue weighted by Gasteiger charge is 2.26. The van der Waals surface area contributed by atoms with Gasteiger partial charge in [0.15, 0.2) is 0 Å². The lowest BCUT2D eigenvalue weighted by atomic mass is 9.83. The zero-order valence-electron chi connectivity index (χ0n) is 24.7. The minimum Gasteiger partial charge on any atom is -0.384 e. The normalized spacial score (nSPS) is 16.5. The average molecular weight is 573 g/mol. The van der Waals surface area contributed by atoms with Crippen molar-refractivity contribution in [1.29, 1.82) is 0 Å². The molecular formula is C32H44N8O2. The standard InChI is InChI=1S/C32H44N8O2/c1-3-19-40(4-2)20-18-34-31(41)27-15-16-28(39-30(27)37-25-8-6-5-7-9-25)24-11-13-26(14-12-24)38-32(42)36-22-23-10-17-29(33)35-21-23/h5-10,15-17,21,24,26H,3-4,11-14,18-20,22H2,1-2H3,(H2,33,35)(H,34,41)(H,37,39)(H2,36,38,42). The molecule has 1 aliphatic carbocycles. The van der Waals surface area contributed by atoms with E-state index in [9.17, 15) is 9.59 Å². The van der Waals surface area contributed by atoms with Crippen LogP contribution in [0.2, 0.25) is 0 Å². The van der Waals surface area contributed by atoms with E-state index in [4.69, 9.17) is 10.7 Å². The maximum atomic E-state index is 13.2. The minimum absolute atomic E-state index is 0.105. The Morgan fingerprint density at radius 2 is 1.74 bits per heavy atom. The van der Waals surface area contributed by atoms with Crippen molar-refractivity contribution in [3.05, 3.63) is 77.6 Å². The molecule has 1 aromatic carbocycles. The second kappa shape index (κ2) is 15.7. The van der Waals surface area contributed by atoms with Crippen LogP contribution in [0, 0.1) is 0 Å². The van der Waals surface area contributed by atoms with Crippen LogP contribution in [-0.2, 0) is 6.54 Å². The fourth-order valence-electron chi connectivity index (χ4n) is 5.30. The number of likely N-dealkylation sites (N-methyl/N-ethyl adjacent to an activating group) is 1. The Morgan fingerprint density at radius 3 is 2.43 bits per heavy atom. The molecular weight excluding hydrogens is 528 g/mol. The van der Waals surface area contributed by atoms with Gasteiger partial charge < -0.3 is 31.9 Å². The monoisotopic (exact) mass is 572 g/mol. The Kier molecular flexibility index (Phi) is 11.5. The number of nitrogens with one attached hydrogen (secondary N) is 4. The van der Waals surface area contributed by atoms with Crippen molar-refractivity contribution in [2.24, 2.45) is 0 Å². The molecule has 3 aromatic rings. The summed E-state index contributed by atoms with van der Waals surface area (Å²) in [5, 5.41) is 12.4. The van der Waals surface area contributed by atoms with Crippen molar-refractivity contribution in [1.82, 2.24) is 30.8 Å². The number of amides is 3. The molecule has 0 bridgehead atoms. The van der Waals surface area contributed by atoms with E-state index in [1.807, 2.05) is 48.5 Å². The number of carbonyl (C=O) groups is 2. The second-order valence-electron chi connectivity index (χ2n) is 10.8. The Labute approximate surface area is 248 Å². The van der Waals surface area contributed by atoms with E-state index in [-0.39, 0.29) is 23.9 Å². The first-order valence-corrected chi connectivity index (χ1v) is 15.0. The number of anilines is 3. The second-order valence-corrected chi connectivity index (χ2v) is 10.8. The lowest BCUT2D eigenvalue weighted by molar-refractivity contribution is 0.0949. The van der Waals surface area contributed by atoms with Gasteiger partial charge >= 0.3 is 6.03 Å². The summed E-state index contributed by atoms with van der Waals surface area (Å²) in [5.74, 6) is 1.15. The van der Waals surface area contributed by atoms with Crippen molar-refractivity contribution >= 4 is 29.3 Å². The van der Waals surface area contributed by atoms with Crippen molar-refractivity contribution < 1.29 is 9.59 Å². The maximum absolute atomic E-state index is 13.2. The number of hydrogen-bond donors (Lipinski definition) is 5. The van der Waals surface area contributed by atoms with Crippen LogP contribution in [0.4, 0.5) is 22.1 Å². The van der Waals surface area contributed by atoms with E-state index in [1.54, 1.807) is 12.3 Å². The molecule has 10 nitrogen and oxygen atoms in total. The molecule has 4 rings (SSSR count). The average Bonchev–Trinajstić information content (AvgIpc) is 3.01. The van der Waals surface area contributed by atoms with Gasteiger partial charge in [0.25, 0.3) is 5.91 Å². The third-order valence-corrected chi connectivity index (χ3v) is 7.68. The first-order chi connectivity index (χ1) is 20.4. The first-order valence-electron chi connectivity index (χ1n) is 15.0. The fraction of sp³-hybridized carbons (Fsp3) is 0.438. The highest BCUT2D eigenvalue weighted by Crippen LogP contribution is 2.33. The summed E-state index contributed by atoms with van der Waals surface area (Å²) < 4.78 is 0. The molecule has 0 unspecified atom stereocenters. The quantitative estimate of drug-likeness (QED) is 0.199. The number of urea groups is 1. The summed E-state index contributed by atoms with van der Waals surface area (Å²) >= 11 is 0. The maximum Gasteiger partial charge on any atom is 0.315 e. The van der Waals surface area contributed by atoms with Gasteiger partial charge in [-0.2, -0.15) is 0 Å². The smallest absolute Gasteiger partial charge is 0.315 e. The van der Waals surface area contributed by atoms with Gasteiger partial charge in [-0.3, -0.25) is 4.79 Å². The third-order valence-electron chi connectivity index (χ3n) is 7.68. The van der Waals surface area contributed by atoms with Gasteiger partial charge in [-0.25, -0.2) is 14.8 Å². The van der Waals surface area contributed by atoms with E-state index in [2.05, 4.69) is 45.0 Å². The SMILES string of the molecule is CCCN(CC)CCNC(=O)c1ccc(C2CCC(NC(=O)NCc3ccc(N)nc3)CC2)nc1Nc1ccccc1. The highest BCUT2D eigenvalue weighted by molar-refractivity contribution is 5.99. The van der Waals surface area contributed by atoms with Crippen LogP contribution in [0.5, 0.6) is 0 Å². The number of carbonyl (C=O) groups excluding carboxylic acids is 2. The topological polar surface area (TPSA) is 137 Å². The Hall–Kier alpha value is -4.18. The molecule has 0 aliphatic heterocycles. The van der Waals surface area contributed by atoms with Crippen LogP contribution < -0.4 is 27.0 Å². The zero-order chi connectivity index (χ0) is 29.7. The number of nitrogen functional groups attached to an aromatic ring is 1. The largest absolute Gasteiger partial charge is 0.384 e. The van der Waals surface area contributed by atoms with Gasteiger partial charge in [-0.05, 0) is 81.1 Å². The molecule has 1 saturated carbocycles. The molecule has 10 heteroatoms. The molecule has 224 valence electrons. The van der Waals surface area contributed by atoms with Crippen molar-refractivity contribution in [3.8, 4) is 0 Å². The van der Waals surface area contributed by atoms with Crippen LogP contribution in [0.15, 0.2) is 60.8 Å². The Morgan fingerprint density at radius 1 is 0.952 bits per heavy atom. The van der Waals surface area contributed by atoms with Gasteiger partial charge in [0.1, 0.15) is 11.6 Å². The number of aromatic nitrogens is 2. The molecule has 2 aromatic heterocycles. The van der Waals surface area contributed by atoms with E-state index in [1.165, 1.54) is 0 Å². The number of hydrogen-bond acceptors (Lipinski definition) is 7. The summed E-state index contributed by atoms with van der Waals surface area (Å²) in [5.41, 5.74) is 8.89. The summed E-state index contributed by atoms with van der Waals surface area (Å²) in [7, 11) is 0. The molecule has 1 aliphatic rings. The number of nitrogens with two attached hydrogens (primary N) is 1. The number of nitrogens with zero attached hydrogens (tertiary/aromatic N) is 3. The molecule has 3 amide bonds. The van der Waals surface area contributed by atoms with Crippen molar-refractivity contribution in [2.45, 2.75) is 64.5 Å². The Balaban J connectivity index is 1.35. The van der Waals surface area contributed by atoms with Gasteiger partial charge in [0.2, 0.25) is 0 Å². The van der Waals surface area contributed by atoms with Gasteiger partial charge in [-0.1, -0.05) is 38.1 Å².